The van der Waals surface area contributed by atoms with Gasteiger partial charge in [-0.25, -0.2) is 9.59 Å². The first-order valence-corrected chi connectivity index (χ1v) is 5.94. The van der Waals surface area contributed by atoms with Gasteiger partial charge in [0.05, 0.1) is 11.8 Å². The molecule has 0 saturated heterocycles. The number of urea groups is 1. The summed E-state index contributed by atoms with van der Waals surface area (Å²) in [5.41, 5.74) is 0.504. The number of hydrogen-bond donors (Lipinski definition) is 4. The van der Waals surface area contributed by atoms with E-state index in [0.29, 0.717) is 10.2 Å². The van der Waals surface area contributed by atoms with Crippen LogP contribution in [0.2, 0.25) is 0 Å². The molecule has 0 aliphatic rings. The average Bonchev–Trinajstić information content (AvgIpc) is 2.28. The van der Waals surface area contributed by atoms with E-state index in [9.17, 15) is 14.7 Å². The first-order chi connectivity index (χ1) is 8.41. The summed E-state index contributed by atoms with van der Waals surface area (Å²) in [7, 11) is 0. The maximum Gasteiger partial charge on any atom is 0.328 e. The van der Waals surface area contributed by atoms with Crippen LogP contribution in [-0.4, -0.2) is 34.4 Å². The number of rotatable bonds is 4. The van der Waals surface area contributed by atoms with Gasteiger partial charge in [-0.2, -0.15) is 0 Å². The highest BCUT2D eigenvalue weighted by Crippen LogP contribution is 2.20. The fourth-order valence-electron chi connectivity index (χ4n) is 1.25. The third kappa shape index (κ3) is 4.01. The topological polar surface area (TPSA) is 98.7 Å². The minimum absolute atomic E-state index is 0.504. The Bertz CT molecular complexity index is 450. The van der Waals surface area contributed by atoms with Crippen LogP contribution in [-0.2, 0) is 4.79 Å². The molecule has 18 heavy (non-hydrogen) atoms. The third-order valence-corrected chi connectivity index (χ3v) is 2.85. The van der Waals surface area contributed by atoms with E-state index in [2.05, 4.69) is 26.6 Å². The minimum Gasteiger partial charge on any atom is -0.480 e. The Morgan fingerprint density at radius 3 is 2.44 bits per heavy atom. The second-order valence-electron chi connectivity index (χ2n) is 3.63. The molecule has 0 radical (unpaired) electrons. The Kier molecular flexibility index (Phi) is 5.11. The summed E-state index contributed by atoms with van der Waals surface area (Å²) >= 11 is 3.24. The predicted octanol–water partition coefficient (Wildman–Crippen LogP) is 1.40. The Balaban J connectivity index is 2.67. The highest BCUT2D eigenvalue weighted by molar-refractivity contribution is 9.10. The molecular formula is C11H13BrN2O4. The lowest BCUT2D eigenvalue weighted by Gasteiger charge is -2.17. The van der Waals surface area contributed by atoms with Crippen molar-refractivity contribution in [2.45, 2.75) is 19.1 Å². The third-order valence-electron chi connectivity index (χ3n) is 2.16. The number of amides is 2. The molecule has 1 aromatic carbocycles. The first-order valence-electron chi connectivity index (χ1n) is 5.14. The number of halogens is 1. The van der Waals surface area contributed by atoms with Gasteiger partial charge < -0.3 is 20.8 Å². The summed E-state index contributed by atoms with van der Waals surface area (Å²) in [5.74, 6) is -1.30. The Morgan fingerprint density at radius 2 is 1.94 bits per heavy atom. The summed E-state index contributed by atoms with van der Waals surface area (Å²) < 4.78 is 0.670. The van der Waals surface area contributed by atoms with Gasteiger partial charge in [0.15, 0.2) is 6.04 Å². The number of para-hydroxylation sites is 1. The van der Waals surface area contributed by atoms with Gasteiger partial charge in [0.2, 0.25) is 0 Å². The normalized spacial score (nSPS) is 13.5. The van der Waals surface area contributed by atoms with E-state index in [0.717, 1.165) is 0 Å². The Morgan fingerprint density at radius 1 is 1.33 bits per heavy atom. The Labute approximate surface area is 112 Å². The number of aliphatic hydroxyl groups is 1. The van der Waals surface area contributed by atoms with Gasteiger partial charge in [0.1, 0.15) is 0 Å². The van der Waals surface area contributed by atoms with Crippen LogP contribution in [0.5, 0.6) is 0 Å². The molecule has 0 aromatic heterocycles. The molecule has 0 bridgehead atoms. The molecule has 0 heterocycles. The number of benzene rings is 1. The van der Waals surface area contributed by atoms with E-state index in [1.165, 1.54) is 6.92 Å². The molecule has 0 spiro atoms. The number of aliphatic hydroxyl groups excluding tert-OH is 1. The number of aliphatic carboxylic acids is 1. The molecular weight excluding hydrogens is 304 g/mol. The average molecular weight is 317 g/mol. The monoisotopic (exact) mass is 316 g/mol. The maximum absolute atomic E-state index is 11.6. The van der Waals surface area contributed by atoms with Crippen LogP contribution in [0.1, 0.15) is 6.92 Å². The lowest BCUT2D eigenvalue weighted by molar-refractivity contribution is -0.141. The van der Waals surface area contributed by atoms with Crippen molar-refractivity contribution >= 4 is 33.6 Å². The summed E-state index contributed by atoms with van der Waals surface area (Å²) in [5, 5.41) is 22.7. The number of nitrogens with one attached hydrogen (secondary N) is 2. The fraction of sp³-hybridized carbons (Fsp3) is 0.273. The molecule has 2 atom stereocenters. The molecule has 0 aliphatic carbocycles. The van der Waals surface area contributed by atoms with Crippen molar-refractivity contribution in [1.82, 2.24) is 5.32 Å². The van der Waals surface area contributed by atoms with E-state index >= 15 is 0 Å². The molecule has 4 N–H and O–H groups in total. The number of carbonyl (C=O) groups excluding carboxylic acids is 1. The van der Waals surface area contributed by atoms with Gasteiger partial charge in [-0.1, -0.05) is 12.1 Å². The van der Waals surface area contributed by atoms with Crippen LogP contribution in [0.25, 0.3) is 0 Å². The molecule has 1 aromatic rings. The van der Waals surface area contributed by atoms with E-state index in [-0.39, 0.29) is 0 Å². The van der Waals surface area contributed by atoms with Gasteiger partial charge in [-0.15, -0.1) is 0 Å². The van der Waals surface area contributed by atoms with Crippen molar-refractivity contribution < 1.29 is 19.8 Å². The summed E-state index contributed by atoms with van der Waals surface area (Å²) in [4.78, 5) is 22.4. The number of carboxylic acid groups (broad SMARTS) is 1. The van der Waals surface area contributed by atoms with Crippen LogP contribution in [0.3, 0.4) is 0 Å². The van der Waals surface area contributed by atoms with Crippen LogP contribution in [0.15, 0.2) is 28.7 Å². The molecule has 0 saturated carbocycles. The van der Waals surface area contributed by atoms with Gasteiger partial charge in [0.25, 0.3) is 0 Å². The van der Waals surface area contributed by atoms with Crippen LogP contribution in [0, 0.1) is 0 Å². The Hall–Kier alpha value is -1.60. The van der Waals surface area contributed by atoms with E-state index < -0.39 is 24.1 Å². The van der Waals surface area contributed by atoms with Gasteiger partial charge in [-0.05, 0) is 35.0 Å². The number of hydrogen-bond acceptors (Lipinski definition) is 3. The van der Waals surface area contributed by atoms with E-state index in [4.69, 9.17) is 5.11 Å². The van der Waals surface area contributed by atoms with Crippen LogP contribution < -0.4 is 10.6 Å². The van der Waals surface area contributed by atoms with Crippen molar-refractivity contribution in [3.05, 3.63) is 28.7 Å². The van der Waals surface area contributed by atoms with Crippen molar-refractivity contribution in [2.24, 2.45) is 0 Å². The molecule has 0 unspecified atom stereocenters. The van der Waals surface area contributed by atoms with Crippen LogP contribution in [0.4, 0.5) is 10.5 Å². The molecule has 2 amide bonds. The molecule has 98 valence electrons. The highest BCUT2D eigenvalue weighted by atomic mass is 79.9. The van der Waals surface area contributed by atoms with Gasteiger partial charge >= 0.3 is 12.0 Å². The molecule has 7 heteroatoms. The van der Waals surface area contributed by atoms with E-state index in [1.54, 1.807) is 24.3 Å². The van der Waals surface area contributed by atoms with Gasteiger partial charge in [0, 0.05) is 4.47 Å². The number of anilines is 1. The number of carboxylic acids is 1. The fourth-order valence-corrected chi connectivity index (χ4v) is 1.63. The SMILES string of the molecule is C[C@@H](O)[C@H](NC(=O)Nc1ccccc1Br)C(=O)O. The van der Waals surface area contributed by atoms with Crippen molar-refractivity contribution in [2.75, 3.05) is 5.32 Å². The van der Waals surface area contributed by atoms with E-state index in [1.807, 2.05) is 0 Å². The standard InChI is InChI=1S/C11H13BrN2O4/c1-6(15)9(10(16)17)14-11(18)13-8-5-3-2-4-7(8)12/h2-6,9,15H,1H3,(H,16,17)(H2,13,14,18)/t6-,9+/m1/s1. The smallest absolute Gasteiger partial charge is 0.328 e. The quantitative estimate of drug-likeness (QED) is 0.675. The predicted molar refractivity (Wildman–Crippen MR) is 69.4 cm³/mol. The number of carbonyl (C=O) groups is 2. The van der Waals surface area contributed by atoms with Crippen molar-refractivity contribution in [3.63, 3.8) is 0 Å². The second kappa shape index (κ2) is 6.36. The molecule has 6 nitrogen and oxygen atoms in total. The zero-order valence-electron chi connectivity index (χ0n) is 9.55. The molecule has 1 rings (SSSR count). The van der Waals surface area contributed by atoms with Gasteiger partial charge in [-0.3, -0.25) is 0 Å². The minimum atomic E-state index is -1.35. The summed E-state index contributed by atoms with van der Waals surface area (Å²) in [6.45, 7) is 1.29. The van der Waals surface area contributed by atoms with Crippen LogP contribution >= 0.6 is 15.9 Å². The zero-order valence-corrected chi connectivity index (χ0v) is 11.1. The maximum atomic E-state index is 11.6. The second-order valence-corrected chi connectivity index (χ2v) is 4.49. The lowest BCUT2D eigenvalue weighted by atomic mass is 10.2. The van der Waals surface area contributed by atoms with Crippen molar-refractivity contribution in [3.8, 4) is 0 Å². The summed E-state index contributed by atoms with van der Waals surface area (Å²) in [6, 6.07) is 4.84. The zero-order chi connectivity index (χ0) is 13.7. The molecule has 0 aliphatic heterocycles. The largest absolute Gasteiger partial charge is 0.480 e. The first kappa shape index (κ1) is 14.5. The van der Waals surface area contributed by atoms with Crippen molar-refractivity contribution in [1.29, 1.82) is 0 Å². The molecule has 0 fully saturated rings. The highest BCUT2D eigenvalue weighted by Gasteiger charge is 2.24. The summed E-state index contributed by atoms with van der Waals surface area (Å²) in [6.07, 6.45) is -1.19. The lowest BCUT2D eigenvalue weighted by Crippen LogP contribution is -2.49.